The fraction of sp³-hybridized carbons (Fsp3) is 0.467. The summed E-state index contributed by atoms with van der Waals surface area (Å²) in [5.74, 6) is 1.63. The molecule has 104 valence electrons. The predicted octanol–water partition coefficient (Wildman–Crippen LogP) is 2.35. The van der Waals surface area contributed by atoms with Crippen LogP contribution in [0.1, 0.15) is 36.0 Å². The Balaban J connectivity index is 1.54. The van der Waals surface area contributed by atoms with Gasteiger partial charge in [0.05, 0.1) is 12.0 Å². The summed E-state index contributed by atoms with van der Waals surface area (Å²) < 4.78 is 11.1. The van der Waals surface area contributed by atoms with E-state index in [1.807, 2.05) is 12.1 Å². The number of nitrogens with zero attached hydrogens (tertiary/aromatic N) is 2. The molecule has 1 aromatic heterocycles. The molecule has 5 heteroatoms. The van der Waals surface area contributed by atoms with Gasteiger partial charge in [-0.3, -0.25) is 0 Å². The number of hydrogen-bond acceptors (Lipinski definition) is 5. The maximum absolute atomic E-state index is 5.61. The fourth-order valence-corrected chi connectivity index (χ4v) is 3.01. The second-order valence-electron chi connectivity index (χ2n) is 5.41. The minimum absolute atomic E-state index is 0.164. The highest BCUT2D eigenvalue weighted by Crippen LogP contribution is 2.35. The number of rotatable bonds is 3. The fourth-order valence-electron chi connectivity index (χ4n) is 3.01. The summed E-state index contributed by atoms with van der Waals surface area (Å²) in [7, 11) is 0. The molecule has 0 aliphatic carbocycles. The van der Waals surface area contributed by atoms with Gasteiger partial charge < -0.3 is 14.6 Å². The molecular formula is C15H17N3O2. The maximum Gasteiger partial charge on any atom is 0.236 e. The molecule has 2 aliphatic rings. The molecule has 0 bridgehead atoms. The van der Waals surface area contributed by atoms with Crippen molar-refractivity contribution in [2.24, 2.45) is 0 Å². The van der Waals surface area contributed by atoms with Gasteiger partial charge in [0.25, 0.3) is 0 Å². The van der Waals surface area contributed by atoms with Gasteiger partial charge in [0.15, 0.2) is 5.82 Å². The van der Waals surface area contributed by atoms with Gasteiger partial charge in [-0.1, -0.05) is 23.4 Å². The molecular weight excluding hydrogens is 254 g/mol. The Morgan fingerprint density at radius 3 is 3.15 bits per heavy atom. The Morgan fingerprint density at radius 2 is 2.25 bits per heavy atom. The number of aromatic nitrogens is 2. The van der Waals surface area contributed by atoms with Crippen LogP contribution in [-0.4, -0.2) is 29.4 Å². The largest absolute Gasteiger partial charge is 0.384 e. The van der Waals surface area contributed by atoms with E-state index in [1.165, 1.54) is 5.56 Å². The van der Waals surface area contributed by atoms with Crippen molar-refractivity contribution < 1.29 is 9.26 Å². The third-order valence-corrected chi connectivity index (χ3v) is 4.05. The first-order valence-electron chi connectivity index (χ1n) is 7.17. The normalized spacial score (nSPS) is 24.6. The van der Waals surface area contributed by atoms with E-state index in [0.717, 1.165) is 43.9 Å². The van der Waals surface area contributed by atoms with Crippen LogP contribution < -0.4 is 5.32 Å². The molecule has 0 spiro atoms. The van der Waals surface area contributed by atoms with E-state index >= 15 is 0 Å². The molecule has 0 saturated carbocycles. The summed E-state index contributed by atoms with van der Waals surface area (Å²) in [6.07, 6.45) is 3.24. The van der Waals surface area contributed by atoms with Crippen LogP contribution in [0.2, 0.25) is 0 Å². The van der Waals surface area contributed by atoms with E-state index in [2.05, 4.69) is 27.6 Å². The van der Waals surface area contributed by atoms with Crippen molar-refractivity contribution in [3.05, 3.63) is 41.5 Å². The number of para-hydroxylation sites is 1. The summed E-state index contributed by atoms with van der Waals surface area (Å²) in [5.41, 5.74) is 2.40. The highest BCUT2D eigenvalue weighted by Gasteiger charge is 2.28. The lowest BCUT2D eigenvalue weighted by Gasteiger charge is -2.05. The van der Waals surface area contributed by atoms with Gasteiger partial charge in [-0.15, -0.1) is 0 Å². The first-order chi connectivity index (χ1) is 9.90. The number of anilines is 1. The number of hydrogen-bond donors (Lipinski definition) is 1. The van der Waals surface area contributed by atoms with Gasteiger partial charge >= 0.3 is 0 Å². The molecule has 2 atom stereocenters. The van der Waals surface area contributed by atoms with Crippen LogP contribution in [0.15, 0.2) is 28.8 Å². The van der Waals surface area contributed by atoms with E-state index < -0.39 is 0 Å². The number of benzene rings is 1. The van der Waals surface area contributed by atoms with Crippen LogP contribution in [0.25, 0.3) is 0 Å². The van der Waals surface area contributed by atoms with Crippen LogP contribution in [0, 0.1) is 0 Å². The zero-order chi connectivity index (χ0) is 13.4. The smallest absolute Gasteiger partial charge is 0.236 e. The first-order valence-corrected chi connectivity index (χ1v) is 7.17. The van der Waals surface area contributed by atoms with E-state index in [-0.39, 0.29) is 12.0 Å². The predicted molar refractivity (Wildman–Crippen MR) is 73.8 cm³/mol. The summed E-state index contributed by atoms with van der Waals surface area (Å²) in [4.78, 5) is 4.56. The van der Waals surface area contributed by atoms with Crippen molar-refractivity contribution in [3.8, 4) is 0 Å². The Morgan fingerprint density at radius 1 is 1.30 bits per heavy atom. The molecule has 2 unspecified atom stereocenters. The van der Waals surface area contributed by atoms with Gasteiger partial charge in [0.2, 0.25) is 5.89 Å². The van der Waals surface area contributed by atoms with Crippen LogP contribution in [0.3, 0.4) is 0 Å². The Labute approximate surface area is 117 Å². The topological polar surface area (TPSA) is 60.2 Å². The highest BCUT2D eigenvalue weighted by molar-refractivity contribution is 5.59. The Kier molecular flexibility index (Phi) is 2.92. The lowest BCUT2D eigenvalue weighted by Crippen LogP contribution is -2.10. The van der Waals surface area contributed by atoms with Gasteiger partial charge in [0, 0.05) is 25.3 Å². The van der Waals surface area contributed by atoms with Crippen molar-refractivity contribution in [3.63, 3.8) is 0 Å². The zero-order valence-corrected chi connectivity index (χ0v) is 11.2. The van der Waals surface area contributed by atoms with Crippen LogP contribution in [0.5, 0.6) is 0 Å². The molecule has 5 nitrogen and oxygen atoms in total. The van der Waals surface area contributed by atoms with E-state index in [1.54, 1.807) is 0 Å². The SMILES string of the molecule is c1ccc2c(c1)NCC2c1nc(CC2CCCO2)no1. The minimum atomic E-state index is 0.164. The monoisotopic (exact) mass is 271 g/mol. The number of fused-ring (bicyclic) bond motifs is 1. The van der Waals surface area contributed by atoms with Crippen molar-refractivity contribution in [2.45, 2.75) is 31.3 Å². The summed E-state index contributed by atoms with van der Waals surface area (Å²) >= 11 is 0. The maximum atomic E-state index is 5.61. The molecule has 0 amide bonds. The quantitative estimate of drug-likeness (QED) is 0.928. The minimum Gasteiger partial charge on any atom is -0.384 e. The summed E-state index contributed by atoms with van der Waals surface area (Å²) in [6.45, 7) is 1.68. The Bertz CT molecular complexity index is 605. The third-order valence-electron chi connectivity index (χ3n) is 4.05. The van der Waals surface area contributed by atoms with Gasteiger partial charge in [0.1, 0.15) is 0 Å². The van der Waals surface area contributed by atoms with E-state index in [9.17, 15) is 0 Å². The van der Waals surface area contributed by atoms with Gasteiger partial charge in [-0.05, 0) is 24.5 Å². The summed E-state index contributed by atoms with van der Waals surface area (Å²) in [5, 5.41) is 7.48. The molecule has 2 aliphatic heterocycles. The number of nitrogens with one attached hydrogen (secondary N) is 1. The lowest BCUT2D eigenvalue weighted by molar-refractivity contribution is 0.109. The van der Waals surface area contributed by atoms with Crippen molar-refractivity contribution in [1.82, 2.24) is 10.1 Å². The van der Waals surface area contributed by atoms with Crippen LogP contribution in [0.4, 0.5) is 5.69 Å². The van der Waals surface area contributed by atoms with Crippen molar-refractivity contribution in [1.29, 1.82) is 0 Å². The molecule has 4 rings (SSSR count). The van der Waals surface area contributed by atoms with E-state index in [4.69, 9.17) is 9.26 Å². The van der Waals surface area contributed by atoms with E-state index in [0.29, 0.717) is 5.89 Å². The zero-order valence-electron chi connectivity index (χ0n) is 11.2. The molecule has 1 saturated heterocycles. The first kappa shape index (κ1) is 11.9. The molecule has 2 aromatic rings. The van der Waals surface area contributed by atoms with Crippen molar-refractivity contribution >= 4 is 5.69 Å². The average molecular weight is 271 g/mol. The van der Waals surface area contributed by atoms with Gasteiger partial charge in [-0.25, -0.2) is 0 Å². The molecule has 1 N–H and O–H groups in total. The molecule has 0 radical (unpaired) electrons. The molecule has 3 heterocycles. The second kappa shape index (κ2) is 4.90. The molecule has 20 heavy (non-hydrogen) atoms. The standard InChI is InChI=1S/C15H17N3O2/c1-2-6-13-11(5-1)12(9-16-13)15-17-14(18-20-15)8-10-4-3-7-19-10/h1-2,5-6,10,12,16H,3-4,7-9H2. The Hall–Kier alpha value is -1.88. The van der Waals surface area contributed by atoms with Crippen molar-refractivity contribution in [2.75, 3.05) is 18.5 Å². The molecule has 1 aromatic carbocycles. The average Bonchev–Trinajstić information content (AvgIpc) is 3.18. The van der Waals surface area contributed by atoms with Gasteiger partial charge in [-0.2, -0.15) is 4.98 Å². The lowest BCUT2D eigenvalue weighted by atomic mass is 10.0. The van der Waals surface area contributed by atoms with Crippen LogP contribution >= 0.6 is 0 Å². The second-order valence-corrected chi connectivity index (χ2v) is 5.41. The third kappa shape index (κ3) is 2.08. The molecule has 1 fully saturated rings. The highest BCUT2D eigenvalue weighted by atomic mass is 16.5. The number of ether oxygens (including phenoxy) is 1. The summed E-state index contributed by atoms with van der Waals surface area (Å²) in [6, 6.07) is 8.27. The van der Waals surface area contributed by atoms with Crippen LogP contribution in [-0.2, 0) is 11.2 Å².